The fraction of sp³-hybridized carbons (Fsp3) is 0.429. The number of thiophene rings is 1. The van der Waals surface area contributed by atoms with Gasteiger partial charge in [0.25, 0.3) is 0 Å². The van der Waals surface area contributed by atoms with Gasteiger partial charge in [0.05, 0.1) is 12.7 Å². The molecule has 1 saturated heterocycles. The molecule has 4 rings (SSSR count). The minimum absolute atomic E-state index is 0.266. The summed E-state index contributed by atoms with van der Waals surface area (Å²) in [5.41, 5.74) is 3.17. The standard InChI is InChI=1S/C21H25N3O2S2/c1-26-20(25)18-16-8-5-9-17(16)28-19(18)22-21(27)24-12-10-23(11-13-24)14-15-6-3-2-4-7-15/h2-4,6-7H,5,8-14H2,1H3,(H,22,27). The summed E-state index contributed by atoms with van der Waals surface area (Å²) in [6.07, 6.45) is 3.10. The molecule has 0 saturated carbocycles. The maximum atomic E-state index is 12.3. The van der Waals surface area contributed by atoms with Gasteiger partial charge in [-0.15, -0.1) is 11.3 Å². The van der Waals surface area contributed by atoms with Crippen LogP contribution >= 0.6 is 23.6 Å². The zero-order valence-electron chi connectivity index (χ0n) is 16.1. The molecule has 1 aliphatic heterocycles. The average Bonchev–Trinajstić information content (AvgIpc) is 3.29. The maximum absolute atomic E-state index is 12.3. The molecular formula is C21H25N3O2S2. The van der Waals surface area contributed by atoms with Crippen molar-refractivity contribution in [1.82, 2.24) is 9.80 Å². The monoisotopic (exact) mass is 415 g/mol. The number of rotatable bonds is 4. The Morgan fingerprint density at radius 2 is 1.93 bits per heavy atom. The Balaban J connectivity index is 1.37. The molecule has 1 aliphatic carbocycles. The van der Waals surface area contributed by atoms with E-state index in [0.29, 0.717) is 10.7 Å². The summed E-state index contributed by atoms with van der Waals surface area (Å²) >= 11 is 7.31. The number of anilines is 1. The summed E-state index contributed by atoms with van der Waals surface area (Å²) in [4.78, 5) is 18.3. The average molecular weight is 416 g/mol. The summed E-state index contributed by atoms with van der Waals surface area (Å²) in [5, 5.41) is 4.89. The van der Waals surface area contributed by atoms with Crippen molar-refractivity contribution < 1.29 is 9.53 Å². The van der Waals surface area contributed by atoms with E-state index < -0.39 is 0 Å². The highest BCUT2D eigenvalue weighted by atomic mass is 32.1. The molecule has 0 spiro atoms. The minimum Gasteiger partial charge on any atom is -0.465 e. The lowest BCUT2D eigenvalue weighted by Crippen LogP contribution is -2.49. The van der Waals surface area contributed by atoms with Crippen LogP contribution in [-0.4, -0.2) is 54.2 Å². The summed E-state index contributed by atoms with van der Waals surface area (Å²) < 4.78 is 5.02. The molecule has 28 heavy (non-hydrogen) atoms. The molecule has 1 aromatic carbocycles. The minimum atomic E-state index is -0.266. The number of hydrogen-bond acceptors (Lipinski definition) is 5. The molecule has 0 radical (unpaired) electrons. The highest BCUT2D eigenvalue weighted by molar-refractivity contribution is 7.80. The first-order valence-corrected chi connectivity index (χ1v) is 10.9. The number of benzene rings is 1. The molecule has 0 unspecified atom stereocenters. The highest BCUT2D eigenvalue weighted by Crippen LogP contribution is 2.39. The van der Waals surface area contributed by atoms with Gasteiger partial charge in [0.2, 0.25) is 0 Å². The van der Waals surface area contributed by atoms with Crippen LogP contribution in [0.15, 0.2) is 30.3 Å². The number of carbonyl (C=O) groups is 1. The lowest BCUT2D eigenvalue weighted by atomic mass is 10.1. The van der Waals surface area contributed by atoms with Gasteiger partial charge in [-0.05, 0) is 42.6 Å². The number of carbonyl (C=O) groups excluding carboxylic acids is 1. The number of piperazine rings is 1. The third-order valence-electron chi connectivity index (χ3n) is 5.44. The molecule has 0 atom stereocenters. The zero-order valence-corrected chi connectivity index (χ0v) is 17.7. The number of fused-ring (bicyclic) bond motifs is 1. The largest absolute Gasteiger partial charge is 0.465 e. The first-order chi connectivity index (χ1) is 13.7. The van der Waals surface area contributed by atoms with Gasteiger partial charge < -0.3 is 15.0 Å². The first-order valence-electron chi connectivity index (χ1n) is 9.70. The normalized spacial score (nSPS) is 16.7. The van der Waals surface area contributed by atoms with E-state index in [2.05, 4.69) is 45.4 Å². The van der Waals surface area contributed by atoms with Crippen molar-refractivity contribution in [2.24, 2.45) is 0 Å². The van der Waals surface area contributed by atoms with Crippen molar-refractivity contribution in [3.05, 3.63) is 51.9 Å². The van der Waals surface area contributed by atoms with E-state index in [0.717, 1.165) is 62.6 Å². The predicted molar refractivity (Wildman–Crippen MR) is 117 cm³/mol. The smallest absolute Gasteiger partial charge is 0.341 e. The Morgan fingerprint density at radius 1 is 1.18 bits per heavy atom. The molecular weight excluding hydrogens is 390 g/mol. The Kier molecular flexibility index (Phi) is 5.94. The number of nitrogens with zero attached hydrogens (tertiary/aromatic N) is 2. The third-order valence-corrected chi connectivity index (χ3v) is 7.01. The van der Waals surface area contributed by atoms with E-state index in [-0.39, 0.29) is 5.97 Å². The molecule has 0 bridgehead atoms. The number of methoxy groups -OCH3 is 1. The van der Waals surface area contributed by atoms with Crippen molar-refractivity contribution in [1.29, 1.82) is 0 Å². The summed E-state index contributed by atoms with van der Waals surface area (Å²) in [6, 6.07) is 10.6. The van der Waals surface area contributed by atoms with Crippen LogP contribution in [0.4, 0.5) is 5.00 Å². The molecule has 5 nitrogen and oxygen atoms in total. The molecule has 148 valence electrons. The van der Waals surface area contributed by atoms with E-state index >= 15 is 0 Å². The van der Waals surface area contributed by atoms with E-state index in [4.69, 9.17) is 17.0 Å². The molecule has 0 amide bonds. The van der Waals surface area contributed by atoms with Crippen molar-refractivity contribution in [3.8, 4) is 0 Å². The molecule has 2 aromatic rings. The second-order valence-corrected chi connectivity index (χ2v) is 8.72. The quantitative estimate of drug-likeness (QED) is 0.609. The van der Waals surface area contributed by atoms with Gasteiger partial charge in [-0.1, -0.05) is 30.3 Å². The molecule has 2 heterocycles. The summed E-state index contributed by atoms with van der Waals surface area (Å²) in [6.45, 7) is 4.69. The Labute approximate surface area is 175 Å². The predicted octanol–water partition coefficient (Wildman–Crippen LogP) is 3.54. The van der Waals surface area contributed by atoms with Crippen LogP contribution in [0.5, 0.6) is 0 Å². The zero-order chi connectivity index (χ0) is 19.5. The van der Waals surface area contributed by atoms with Gasteiger partial charge in [-0.25, -0.2) is 4.79 Å². The van der Waals surface area contributed by atoms with Crippen LogP contribution in [-0.2, 0) is 24.1 Å². The Bertz CT molecular complexity index is 858. The fourth-order valence-corrected chi connectivity index (χ4v) is 5.56. The third kappa shape index (κ3) is 4.06. The number of ether oxygens (including phenoxy) is 1. The first kappa shape index (κ1) is 19.4. The van der Waals surface area contributed by atoms with Gasteiger partial charge in [-0.3, -0.25) is 4.90 Å². The summed E-state index contributed by atoms with van der Waals surface area (Å²) in [5.74, 6) is -0.266. The van der Waals surface area contributed by atoms with E-state index in [1.165, 1.54) is 17.6 Å². The molecule has 1 aromatic heterocycles. The van der Waals surface area contributed by atoms with Crippen LogP contribution in [0.3, 0.4) is 0 Å². The van der Waals surface area contributed by atoms with Crippen molar-refractivity contribution in [2.75, 3.05) is 38.6 Å². The van der Waals surface area contributed by atoms with Crippen LogP contribution < -0.4 is 5.32 Å². The van der Waals surface area contributed by atoms with Crippen LogP contribution in [0, 0.1) is 0 Å². The van der Waals surface area contributed by atoms with Crippen molar-refractivity contribution >= 4 is 39.6 Å². The van der Waals surface area contributed by atoms with Crippen LogP contribution in [0.2, 0.25) is 0 Å². The lowest BCUT2D eigenvalue weighted by molar-refractivity contribution is 0.0601. The molecule has 1 N–H and O–H groups in total. The Morgan fingerprint density at radius 3 is 2.64 bits per heavy atom. The number of hydrogen-bond donors (Lipinski definition) is 1. The fourth-order valence-electron chi connectivity index (χ4n) is 3.94. The number of aryl methyl sites for hydroxylation is 1. The number of esters is 1. The van der Waals surface area contributed by atoms with E-state index in [9.17, 15) is 4.79 Å². The summed E-state index contributed by atoms with van der Waals surface area (Å²) in [7, 11) is 1.44. The van der Waals surface area contributed by atoms with Crippen molar-refractivity contribution in [2.45, 2.75) is 25.8 Å². The second kappa shape index (κ2) is 8.59. The van der Waals surface area contributed by atoms with Gasteiger partial charge in [0.15, 0.2) is 5.11 Å². The van der Waals surface area contributed by atoms with Gasteiger partial charge in [-0.2, -0.15) is 0 Å². The van der Waals surface area contributed by atoms with Crippen molar-refractivity contribution in [3.63, 3.8) is 0 Å². The highest BCUT2D eigenvalue weighted by Gasteiger charge is 2.28. The molecule has 7 heteroatoms. The second-order valence-electron chi connectivity index (χ2n) is 7.23. The van der Waals surface area contributed by atoms with Gasteiger partial charge >= 0.3 is 5.97 Å². The van der Waals surface area contributed by atoms with Crippen LogP contribution in [0.1, 0.15) is 32.8 Å². The van der Waals surface area contributed by atoms with Gasteiger partial charge in [0, 0.05) is 37.6 Å². The topological polar surface area (TPSA) is 44.8 Å². The molecule has 1 fully saturated rings. The van der Waals surface area contributed by atoms with Crippen LogP contribution in [0.25, 0.3) is 0 Å². The Hall–Kier alpha value is -1.96. The maximum Gasteiger partial charge on any atom is 0.341 e. The lowest BCUT2D eigenvalue weighted by Gasteiger charge is -2.36. The number of nitrogens with one attached hydrogen (secondary N) is 1. The molecule has 2 aliphatic rings. The van der Waals surface area contributed by atoms with E-state index in [1.807, 2.05) is 0 Å². The number of thiocarbonyl (C=S) groups is 1. The van der Waals surface area contributed by atoms with E-state index in [1.54, 1.807) is 11.3 Å². The van der Waals surface area contributed by atoms with Gasteiger partial charge in [0.1, 0.15) is 5.00 Å². The SMILES string of the molecule is COC(=O)c1c(NC(=S)N2CCN(Cc3ccccc3)CC2)sc2c1CCC2.